The Bertz CT molecular complexity index is 459. The maximum Gasteiger partial charge on any atom is 0.342 e. The van der Waals surface area contributed by atoms with E-state index in [1.807, 2.05) is 6.07 Å². The quantitative estimate of drug-likeness (QED) is 0.699. The Hall–Kier alpha value is -1.29. The van der Waals surface area contributed by atoms with E-state index in [1.54, 1.807) is 0 Å². The molecular formula is C15H15Al. The largest absolute Gasteiger partial charge is 0.342 e. The first kappa shape index (κ1) is 11.2. The van der Waals surface area contributed by atoms with Crippen LogP contribution < -0.4 is 4.43 Å². The zero-order valence-corrected chi connectivity index (χ0v) is 10.7. The van der Waals surface area contributed by atoms with Crippen LogP contribution in [0.1, 0.15) is 5.56 Å². The molecule has 0 aliphatic heterocycles. The van der Waals surface area contributed by atoms with E-state index in [0.29, 0.717) is 0 Å². The van der Waals surface area contributed by atoms with Crippen molar-refractivity contribution in [2.75, 3.05) is 0 Å². The highest BCUT2D eigenvalue weighted by atomic mass is 27.2. The van der Waals surface area contributed by atoms with Gasteiger partial charge in [0.05, 0.1) is 0 Å². The van der Waals surface area contributed by atoms with Crippen LogP contribution in [-0.2, 0) is 0 Å². The second kappa shape index (κ2) is 5.17. The van der Waals surface area contributed by atoms with Gasteiger partial charge in [-0.3, -0.25) is 0 Å². The van der Waals surface area contributed by atoms with Crippen molar-refractivity contribution < 1.29 is 0 Å². The summed E-state index contributed by atoms with van der Waals surface area (Å²) in [7, 11) is 0. The number of hydrogen-bond donors (Lipinski definition) is 0. The minimum atomic E-state index is -1.08. The topological polar surface area (TPSA) is 0 Å². The minimum absolute atomic E-state index is 1.08. The third-order valence-electron chi connectivity index (χ3n) is 2.97. The molecule has 0 heterocycles. The van der Waals surface area contributed by atoms with Gasteiger partial charge in [-0.2, -0.15) is 0 Å². The predicted molar refractivity (Wildman–Crippen MR) is 73.2 cm³/mol. The van der Waals surface area contributed by atoms with Gasteiger partial charge in [0.1, 0.15) is 0 Å². The second-order valence-corrected chi connectivity index (χ2v) is 6.83. The summed E-state index contributed by atoms with van der Waals surface area (Å²) in [5.74, 6) is 2.34. The lowest BCUT2D eigenvalue weighted by atomic mass is 10.2. The van der Waals surface area contributed by atoms with Crippen LogP contribution in [0.25, 0.3) is 4.44 Å². The fourth-order valence-electron chi connectivity index (χ4n) is 1.85. The van der Waals surface area contributed by atoms with E-state index in [2.05, 4.69) is 67.0 Å². The number of rotatable bonds is 3. The highest BCUT2D eigenvalue weighted by Gasteiger charge is 2.17. The summed E-state index contributed by atoms with van der Waals surface area (Å²) in [6.45, 7) is 4.26. The lowest BCUT2D eigenvalue weighted by Gasteiger charge is -2.10. The standard InChI is InChI=1S/C8H7.C6H5.CH3.Al/c1-2-8-6-4-3-5-7-8;1-2-4-6-5-3-1;;/h3-7H,1H2;1-5H;1H3;. The van der Waals surface area contributed by atoms with Crippen molar-refractivity contribution >= 4 is 23.0 Å². The van der Waals surface area contributed by atoms with E-state index in [1.165, 1.54) is 14.4 Å². The third kappa shape index (κ3) is 2.44. The lowest BCUT2D eigenvalue weighted by Crippen LogP contribution is -2.27. The molecule has 2 aromatic carbocycles. The Morgan fingerprint density at radius 1 is 0.875 bits per heavy atom. The van der Waals surface area contributed by atoms with Crippen LogP contribution >= 0.6 is 0 Å². The van der Waals surface area contributed by atoms with Crippen molar-refractivity contribution in [1.29, 1.82) is 0 Å². The van der Waals surface area contributed by atoms with Crippen molar-refractivity contribution in [3.63, 3.8) is 0 Å². The summed E-state index contributed by atoms with van der Waals surface area (Å²) in [6, 6.07) is 21.2. The fraction of sp³-hybridized carbons (Fsp3) is 0.0667. The molecule has 0 amide bonds. The Balaban J connectivity index is 2.24. The first-order valence-corrected chi connectivity index (χ1v) is 7.89. The molecule has 2 rings (SSSR count). The van der Waals surface area contributed by atoms with Crippen molar-refractivity contribution in [3.8, 4) is 0 Å². The average molecular weight is 222 g/mol. The zero-order valence-electron chi connectivity index (χ0n) is 9.56. The van der Waals surface area contributed by atoms with Gasteiger partial charge in [0.2, 0.25) is 0 Å². The molecular weight excluding hydrogens is 207 g/mol. The van der Waals surface area contributed by atoms with Crippen LogP contribution in [0.5, 0.6) is 0 Å². The molecule has 1 heteroatoms. The summed E-state index contributed by atoms with van der Waals surface area (Å²) in [4.78, 5) is 0. The SMILES string of the molecule is C=[C](c1ccccc1)[Al]([CH3])[c]1ccccc1. The van der Waals surface area contributed by atoms with E-state index in [-0.39, 0.29) is 0 Å². The molecule has 0 fully saturated rings. The molecule has 2 aromatic rings. The predicted octanol–water partition coefficient (Wildman–Crippen LogP) is 3.27. The van der Waals surface area contributed by atoms with Crippen LogP contribution in [0.4, 0.5) is 0 Å². The molecule has 0 aliphatic carbocycles. The van der Waals surface area contributed by atoms with Crippen molar-refractivity contribution in [2.45, 2.75) is 5.79 Å². The molecule has 0 saturated heterocycles. The Morgan fingerprint density at radius 2 is 1.38 bits per heavy atom. The van der Waals surface area contributed by atoms with E-state index < -0.39 is 14.1 Å². The van der Waals surface area contributed by atoms with Crippen LogP contribution in [0, 0.1) is 0 Å². The maximum atomic E-state index is 4.26. The molecule has 16 heavy (non-hydrogen) atoms. The Morgan fingerprint density at radius 3 is 1.94 bits per heavy atom. The fourth-order valence-corrected chi connectivity index (χ4v) is 3.74. The minimum Gasteiger partial charge on any atom is -0.111 e. The Labute approximate surface area is 102 Å². The van der Waals surface area contributed by atoms with Crippen molar-refractivity contribution in [2.24, 2.45) is 0 Å². The van der Waals surface area contributed by atoms with Gasteiger partial charge in [0.25, 0.3) is 0 Å². The monoisotopic (exact) mass is 222 g/mol. The van der Waals surface area contributed by atoms with Crippen molar-refractivity contribution in [1.82, 2.24) is 0 Å². The van der Waals surface area contributed by atoms with E-state index in [0.717, 1.165) is 0 Å². The van der Waals surface area contributed by atoms with Gasteiger partial charge in [-0.1, -0.05) is 66.4 Å². The van der Waals surface area contributed by atoms with E-state index in [9.17, 15) is 0 Å². The molecule has 0 aliphatic rings. The Kier molecular flexibility index (Phi) is 3.62. The number of hydrogen-bond acceptors (Lipinski definition) is 0. The maximum absolute atomic E-state index is 4.26. The molecule has 0 atom stereocenters. The molecule has 0 aromatic heterocycles. The van der Waals surface area contributed by atoms with Gasteiger partial charge in [0.15, 0.2) is 0 Å². The van der Waals surface area contributed by atoms with Crippen molar-refractivity contribution in [3.05, 3.63) is 72.8 Å². The summed E-state index contributed by atoms with van der Waals surface area (Å²) >= 11 is -1.08. The average Bonchev–Trinajstić information content (AvgIpc) is 2.39. The van der Waals surface area contributed by atoms with Gasteiger partial charge in [-0.05, 0) is 5.56 Å². The van der Waals surface area contributed by atoms with Gasteiger partial charge >= 0.3 is 14.1 Å². The smallest absolute Gasteiger partial charge is 0.111 e. The van der Waals surface area contributed by atoms with E-state index >= 15 is 0 Å². The molecule has 78 valence electrons. The second-order valence-electron chi connectivity index (χ2n) is 4.02. The van der Waals surface area contributed by atoms with Gasteiger partial charge in [-0.25, -0.2) is 0 Å². The third-order valence-corrected chi connectivity index (χ3v) is 5.73. The molecule has 0 spiro atoms. The highest BCUT2D eigenvalue weighted by Crippen LogP contribution is 2.14. The van der Waals surface area contributed by atoms with Crippen LogP contribution in [0.15, 0.2) is 67.2 Å². The molecule has 0 nitrogen and oxygen atoms in total. The zero-order chi connectivity index (χ0) is 11.4. The lowest BCUT2D eigenvalue weighted by molar-refractivity contribution is 1.64. The molecule has 0 bridgehead atoms. The first-order chi connectivity index (χ1) is 7.79. The van der Waals surface area contributed by atoms with Gasteiger partial charge in [0, 0.05) is 0 Å². The van der Waals surface area contributed by atoms with E-state index in [4.69, 9.17) is 0 Å². The van der Waals surface area contributed by atoms with Crippen LogP contribution in [0.2, 0.25) is 5.79 Å². The summed E-state index contributed by atoms with van der Waals surface area (Å²) < 4.78 is 2.77. The molecule has 0 saturated carbocycles. The van der Waals surface area contributed by atoms with Gasteiger partial charge in [-0.15, -0.1) is 15.4 Å². The molecule has 0 radical (unpaired) electrons. The van der Waals surface area contributed by atoms with Gasteiger partial charge < -0.3 is 0 Å². The summed E-state index contributed by atoms with van der Waals surface area (Å²) in [5, 5.41) is 0. The first-order valence-electron chi connectivity index (χ1n) is 5.58. The normalized spacial score (nSPS) is 9.81. The molecule has 0 N–H and O–H groups in total. The summed E-state index contributed by atoms with van der Waals surface area (Å²) in [6.07, 6.45) is 0. The number of benzene rings is 2. The molecule has 0 unspecified atom stereocenters. The highest BCUT2D eigenvalue weighted by molar-refractivity contribution is 6.88. The van der Waals surface area contributed by atoms with Crippen LogP contribution in [0.3, 0.4) is 0 Å². The van der Waals surface area contributed by atoms with Crippen LogP contribution in [-0.4, -0.2) is 14.1 Å². The summed E-state index contributed by atoms with van der Waals surface area (Å²) in [5.41, 5.74) is 1.28.